The molecule has 0 heterocycles. The molecule has 0 atom stereocenters. The number of ketones is 1. The summed E-state index contributed by atoms with van der Waals surface area (Å²) in [6.07, 6.45) is 0.0285. The predicted molar refractivity (Wildman–Crippen MR) is 82.4 cm³/mol. The van der Waals surface area contributed by atoms with E-state index >= 15 is 0 Å². The van der Waals surface area contributed by atoms with E-state index in [0.717, 1.165) is 0 Å². The monoisotopic (exact) mass is 342 g/mol. The third-order valence-electron chi connectivity index (χ3n) is 2.79. The Labute approximate surface area is 133 Å². The second kappa shape index (κ2) is 8.39. The van der Waals surface area contributed by atoms with Crippen molar-refractivity contribution in [1.82, 2.24) is 4.72 Å². The Morgan fingerprint density at radius 1 is 1.09 bits per heavy atom. The largest absolute Gasteiger partial charge is 0.481 e. The first-order valence-corrected chi connectivity index (χ1v) is 8.30. The summed E-state index contributed by atoms with van der Waals surface area (Å²) < 4.78 is 26.2. The molecule has 0 spiro atoms. The molecule has 23 heavy (non-hydrogen) atoms. The molecule has 0 saturated carbocycles. The summed E-state index contributed by atoms with van der Waals surface area (Å²) in [6.45, 7) is 0.942. The Kier molecular flexibility index (Phi) is 6.86. The minimum Gasteiger partial charge on any atom is -0.481 e. The molecule has 0 saturated heterocycles. The van der Waals surface area contributed by atoms with Crippen LogP contribution in [0.5, 0.6) is 0 Å². The molecule has 0 bridgehead atoms. The van der Waals surface area contributed by atoms with Gasteiger partial charge in [0.25, 0.3) is 0 Å². The van der Waals surface area contributed by atoms with Gasteiger partial charge in [0.1, 0.15) is 5.78 Å². The number of carbonyl (C=O) groups excluding carboxylic acids is 2. The molecule has 1 aromatic carbocycles. The van der Waals surface area contributed by atoms with E-state index in [4.69, 9.17) is 5.11 Å². The van der Waals surface area contributed by atoms with Gasteiger partial charge in [-0.25, -0.2) is 13.1 Å². The third kappa shape index (κ3) is 7.02. The van der Waals surface area contributed by atoms with Crippen LogP contribution in [0.1, 0.15) is 26.2 Å². The summed E-state index contributed by atoms with van der Waals surface area (Å²) in [5.41, 5.74) is 0.459. The lowest BCUT2D eigenvalue weighted by atomic mass is 10.2. The summed E-state index contributed by atoms with van der Waals surface area (Å²) in [5, 5.41) is 11.0. The van der Waals surface area contributed by atoms with Gasteiger partial charge in [0, 0.05) is 25.5 Å². The molecule has 1 aromatic rings. The number of amides is 1. The SMILES string of the molecule is CC(=O)Nc1ccc(S(=O)(=O)NCC(=O)CCCC(=O)O)cc1. The van der Waals surface area contributed by atoms with Crippen LogP contribution in [0.2, 0.25) is 0 Å². The van der Waals surface area contributed by atoms with Crippen molar-refractivity contribution in [2.24, 2.45) is 0 Å². The first-order chi connectivity index (χ1) is 10.7. The van der Waals surface area contributed by atoms with Crippen LogP contribution in [-0.2, 0) is 24.4 Å². The summed E-state index contributed by atoms with van der Waals surface area (Å²) >= 11 is 0. The average molecular weight is 342 g/mol. The maximum Gasteiger partial charge on any atom is 0.303 e. The number of hydrogen-bond acceptors (Lipinski definition) is 5. The average Bonchev–Trinajstić information content (AvgIpc) is 2.45. The number of carboxylic acid groups (broad SMARTS) is 1. The smallest absolute Gasteiger partial charge is 0.303 e. The minimum absolute atomic E-state index is 0.00368. The van der Waals surface area contributed by atoms with Crippen molar-refractivity contribution in [3.63, 3.8) is 0 Å². The molecule has 1 amide bonds. The lowest BCUT2D eigenvalue weighted by molar-refractivity contribution is -0.137. The molecule has 0 aliphatic carbocycles. The number of aliphatic carboxylic acids is 1. The molecule has 3 N–H and O–H groups in total. The minimum atomic E-state index is -3.84. The number of hydrogen-bond donors (Lipinski definition) is 3. The fraction of sp³-hybridized carbons (Fsp3) is 0.357. The van der Waals surface area contributed by atoms with Crippen molar-refractivity contribution in [2.45, 2.75) is 31.1 Å². The van der Waals surface area contributed by atoms with E-state index in [1.165, 1.54) is 31.2 Å². The van der Waals surface area contributed by atoms with Gasteiger partial charge >= 0.3 is 5.97 Å². The van der Waals surface area contributed by atoms with Gasteiger partial charge in [-0.15, -0.1) is 0 Å². The summed E-state index contributed by atoms with van der Waals surface area (Å²) in [4.78, 5) is 32.7. The predicted octanol–water partition coefficient (Wildman–Crippen LogP) is 0.747. The van der Waals surface area contributed by atoms with Crippen LogP contribution in [0.25, 0.3) is 0 Å². The van der Waals surface area contributed by atoms with Gasteiger partial charge in [-0.3, -0.25) is 14.4 Å². The third-order valence-corrected chi connectivity index (χ3v) is 4.21. The molecule has 0 fully saturated rings. The molecule has 0 aliphatic heterocycles. The van der Waals surface area contributed by atoms with Gasteiger partial charge in [0.2, 0.25) is 15.9 Å². The molecule has 1 rings (SSSR count). The second-order valence-corrected chi connectivity index (χ2v) is 6.58. The van der Waals surface area contributed by atoms with Crippen LogP contribution in [0.4, 0.5) is 5.69 Å². The zero-order valence-electron chi connectivity index (χ0n) is 12.5. The maximum absolute atomic E-state index is 12.0. The fourth-order valence-corrected chi connectivity index (χ4v) is 2.72. The maximum atomic E-state index is 12.0. The Morgan fingerprint density at radius 2 is 1.70 bits per heavy atom. The number of Topliss-reactive ketones (excluding diaryl/α,β-unsaturated/α-hetero) is 1. The first-order valence-electron chi connectivity index (χ1n) is 6.81. The lowest BCUT2D eigenvalue weighted by Crippen LogP contribution is -2.29. The second-order valence-electron chi connectivity index (χ2n) is 4.82. The quantitative estimate of drug-likeness (QED) is 0.607. The molecule has 0 unspecified atom stereocenters. The highest BCUT2D eigenvalue weighted by molar-refractivity contribution is 7.89. The molecule has 9 heteroatoms. The van der Waals surface area contributed by atoms with Crippen LogP contribution in [0.3, 0.4) is 0 Å². The van der Waals surface area contributed by atoms with E-state index < -0.39 is 22.5 Å². The van der Waals surface area contributed by atoms with Crippen LogP contribution >= 0.6 is 0 Å². The van der Waals surface area contributed by atoms with E-state index in [-0.39, 0.29) is 35.8 Å². The molecule has 0 radical (unpaired) electrons. The first kappa shape index (κ1) is 18.8. The van der Waals surface area contributed by atoms with Crippen molar-refractivity contribution in [3.8, 4) is 0 Å². The molecule has 126 valence electrons. The highest BCUT2D eigenvalue weighted by atomic mass is 32.2. The number of benzene rings is 1. The molecule has 0 aliphatic rings. The highest BCUT2D eigenvalue weighted by Crippen LogP contribution is 2.13. The van der Waals surface area contributed by atoms with Crippen molar-refractivity contribution in [2.75, 3.05) is 11.9 Å². The van der Waals surface area contributed by atoms with Crippen molar-refractivity contribution in [3.05, 3.63) is 24.3 Å². The van der Waals surface area contributed by atoms with Crippen LogP contribution < -0.4 is 10.0 Å². The number of sulfonamides is 1. The van der Waals surface area contributed by atoms with Gasteiger partial charge in [-0.1, -0.05) is 0 Å². The summed E-state index contributed by atoms with van der Waals surface area (Å²) in [7, 11) is -3.84. The lowest BCUT2D eigenvalue weighted by Gasteiger charge is -2.07. The van der Waals surface area contributed by atoms with E-state index in [2.05, 4.69) is 10.0 Å². The number of anilines is 1. The van der Waals surface area contributed by atoms with Gasteiger partial charge in [0.05, 0.1) is 11.4 Å². The van der Waals surface area contributed by atoms with Crippen molar-refractivity contribution in [1.29, 1.82) is 0 Å². The van der Waals surface area contributed by atoms with Crippen molar-refractivity contribution >= 4 is 33.4 Å². The number of carboxylic acids is 1. The van der Waals surface area contributed by atoms with E-state index in [9.17, 15) is 22.8 Å². The Hall–Kier alpha value is -2.26. The summed E-state index contributed by atoms with van der Waals surface area (Å²) in [5.74, 6) is -1.66. The topological polar surface area (TPSA) is 130 Å². The van der Waals surface area contributed by atoms with Crippen molar-refractivity contribution < 1.29 is 27.9 Å². The Bertz CT molecular complexity index is 682. The van der Waals surface area contributed by atoms with E-state index in [1.54, 1.807) is 0 Å². The molecular weight excluding hydrogens is 324 g/mol. The zero-order chi connectivity index (χ0) is 17.5. The van der Waals surface area contributed by atoms with Gasteiger partial charge in [-0.05, 0) is 30.7 Å². The Balaban J connectivity index is 2.56. The number of carbonyl (C=O) groups is 3. The Morgan fingerprint density at radius 3 is 2.22 bits per heavy atom. The molecule has 8 nitrogen and oxygen atoms in total. The normalized spacial score (nSPS) is 11.0. The van der Waals surface area contributed by atoms with E-state index in [0.29, 0.717) is 5.69 Å². The number of nitrogens with one attached hydrogen (secondary N) is 2. The van der Waals surface area contributed by atoms with Gasteiger partial charge in [0.15, 0.2) is 0 Å². The molecule has 0 aromatic heterocycles. The van der Waals surface area contributed by atoms with E-state index in [1.807, 2.05) is 0 Å². The summed E-state index contributed by atoms with van der Waals surface area (Å²) in [6, 6.07) is 5.49. The molecular formula is C14H18N2O6S. The zero-order valence-corrected chi connectivity index (χ0v) is 13.4. The van der Waals surface area contributed by atoms with Crippen LogP contribution in [0, 0.1) is 0 Å². The standard InChI is InChI=1S/C14H18N2O6S/c1-10(17)16-11-5-7-13(8-6-11)23(21,22)15-9-12(18)3-2-4-14(19)20/h5-8,15H,2-4,9H2,1H3,(H,16,17)(H,19,20). The fourth-order valence-electron chi connectivity index (χ4n) is 1.70. The number of rotatable bonds is 9. The van der Waals surface area contributed by atoms with Crippen LogP contribution in [-0.4, -0.2) is 37.7 Å². The van der Waals surface area contributed by atoms with Gasteiger partial charge in [-0.2, -0.15) is 0 Å². The van der Waals surface area contributed by atoms with Gasteiger partial charge < -0.3 is 10.4 Å². The van der Waals surface area contributed by atoms with Crippen LogP contribution in [0.15, 0.2) is 29.2 Å². The highest BCUT2D eigenvalue weighted by Gasteiger charge is 2.15.